The Kier molecular flexibility index (Phi) is 4.67. The Bertz CT molecular complexity index is 480. The van der Waals surface area contributed by atoms with Gasteiger partial charge in [-0.05, 0) is 15.9 Å². The topological polar surface area (TPSA) is 73.6 Å². The van der Waals surface area contributed by atoms with Crippen LogP contribution in [0.5, 0.6) is 5.75 Å². The number of nitrogens with one attached hydrogen (secondary N) is 1. The number of benzene rings is 1. The number of rotatable bonds is 4. The lowest BCUT2D eigenvalue weighted by Gasteiger charge is -2.23. The van der Waals surface area contributed by atoms with E-state index in [-0.39, 0.29) is 22.9 Å². The molecule has 0 radical (unpaired) electrons. The summed E-state index contributed by atoms with van der Waals surface area (Å²) in [4.78, 5) is 10.2. The Labute approximate surface area is 117 Å². The molecule has 1 saturated heterocycles. The van der Waals surface area contributed by atoms with E-state index in [1.807, 2.05) is 0 Å². The molecule has 1 aromatic carbocycles. The van der Waals surface area contributed by atoms with Crippen LogP contribution >= 0.6 is 15.9 Å². The fraction of sp³-hybridized carbons (Fsp3) is 0.455. The van der Waals surface area contributed by atoms with Crippen LogP contribution < -0.4 is 10.1 Å². The number of hydrogen-bond acceptors (Lipinski definition) is 5. The lowest BCUT2D eigenvalue weighted by atomic mass is 10.3. The van der Waals surface area contributed by atoms with Gasteiger partial charge >= 0.3 is 5.69 Å². The van der Waals surface area contributed by atoms with Gasteiger partial charge in [0.05, 0.1) is 22.1 Å². The molecule has 0 aliphatic carbocycles. The Morgan fingerprint density at radius 2 is 2.42 bits per heavy atom. The number of morpholine rings is 1. The third kappa shape index (κ3) is 3.62. The number of hydrogen-bond donors (Lipinski definition) is 1. The SMILES string of the molecule is O=[N+]([O-])c1cc(F)c(Br)cc1OCC1CNCCO1. The maximum atomic E-state index is 13.3. The molecule has 0 bridgehead atoms. The first-order valence-corrected chi connectivity index (χ1v) is 6.46. The fourth-order valence-corrected chi connectivity index (χ4v) is 2.01. The highest BCUT2D eigenvalue weighted by Crippen LogP contribution is 2.32. The molecule has 1 unspecified atom stereocenters. The van der Waals surface area contributed by atoms with Gasteiger partial charge in [-0.15, -0.1) is 0 Å². The average molecular weight is 335 g/mol. The number of nitro benzene ring substituents is 1. The molecule has 1 atom stereocenters. The summed E-state index contributed by atoms with van der Waals surface area (Å²) < 4.78 is 24.2. The largest absolute Gasteiger partial charge is 0.484 e. The van der Waals surface area contributed by atoms with E-state index in [9.17, 15) is 14.5 Å². The Morgan fingerprint density at radius 3 is 3.05 bits per heavy atom. The predicted octanol–water partition coefficient (Wildman–Crippen LogP) is 1.86. The Balaban J connectivity index is 2.09. The van der Waals surface area contributed by atoms with Gasteiger partial charge in [-0.3, -0.25) is 10.1 Å². The summed E-state index contributed by atoms with van der Waals surface area (Å²) in [5.74, 6) is -0.679. The highest BCUT2D eigenvalue weighted by Gasteiger charge is 2.21. The Hall–Kier alpha value is -1.25. The second-order valence-corrected chi connectivity index (χ2v) is 4.85. The first-order chi connectivity index (χ1) is 9.08. The standard InChI is InChI=1S/C11H12BrFN2O4/c12-8-3-11(10(15(16)17)4-9(8)13)19-6-7-5-14-1-2-18-7/h3-4,7,14H,1-2,5-6H2. The van der Waals surface area contributed by atoms with Crippen LogP contribution in [-0.2, 0) is 4.74 Å². The summed E-state index contributed by atoms with van der Waals surface area (Å²) >= 11 is 2.97. The first kappa shape index (κ1) is 14.2. The van der Waals surface area contributed by atoms with E-state index in [1.54, 1.807) is 0 Å². The summed E-state index contributed by atoms with van der Waals surface area (Å²) in [6, 6.07) is 2.09. The minimum Gasteiger partial charge on any atom is -0.484 e. The van der Waals surface area contributed by atoms with Crippen LogP contribution in [-0.4, -0.2) is 37.3 Å². The van der Waals surface area contributed by atoms with Crippen LogP contribution in [0.3, 0.4) is 0 Å². The summed E-state index contributed by atoms with van der Waals surface area (Å²) in [5.41, 5.74) is -0.399. The van der Waals surface area contributed by atoms with Gasteiger partial charge in [0.15, 0.2) is 5.75 Å². The van der Waals surface area contributed by atoms with E-state index < -0.39 is 16.4 Å². The molecule has 0 aromatic heterocycles. The van der Waals surface area contributed by atoms with Crippen molar-refractivity contribution in [3.63, 3.8) is 0 Å². The van der Waals surface area contributed by atoms with Crippen LogP contribution in [0.2, 0.25) is 0 Å². The van der Waals surface area contributed by atoms with Gasteiger partial charge < -0.3 is 14.8 Å². The predicted molar refractivity (Wildman–Crippen MR) is 68.9 cm³/mol. The highest BCUT2D eigenvalue weighted by molar-refractivity contribution is 9.10. The Morgan fingerprint density at radius 1 is 1.63 bits per heavy atom. The van der Waals surface area contributed by atoms with Gasteiger partial charge in [0.2, 0.25) is 0 Å². The molecule has 1 aliphatic rings. The maximum Gasteiger partial charge on any atom is 0.313 e. The lowest BCUT2D eigenvalue weighted by Crippen LogP contribution is -2.41. The van der Waals surface area contributed by atoms with Crippen molar-refractivity contribution in [2.75, 3.05) is 26.3 Å². The monoisotopic (exact) mass is 334 g/mol. The molecule has 1 fully saturated rings. The van der Waals surface area contributed by atoms with Crippen molar-refractivity contribution in [2.24, 2.45) is 0 Å². The van der Waals surface area contributed by atoms with Gasteiger partial charge in [-0.25, -0.2) is 4.39 Å². The molecule has 1 aromatic rings. The van der Waals surface area contributed by atoms with Gasteiger partial charge in [0, 0.05) is 19.2 Å². The van der Waals surface area contributed by atoms with Crippen molar-refractivity contribution in [3.05, 3.63) is 32.5 Å². The van der Waals surface area contributed by atoms with Crippen LogP contribution in [0.15, 0.2) is 16.6 Å². The molecule has 6 nitrogen and oxygen atoms in total. The molecule has 1 aliphatic heterocycles. The molecule has 104 valence electrons. The van der Waals surface area contributed by atoms with E-state index in [1.165, 1.54) is 6.07 Å². The third-order valence-corrected chi connectivity index (χ3v) is 3.24. The van der Waals surface area contributed by atoms with Crippen molar-refractivity contribution >= 4 is 21.6 Å². The lowest BCUT2D eigenvalue weighted by molar-refractivity contribution is -0.386. The van der Waals surface area contributed by atoms with Crippen molar-refractivity contribution in [2.45, 2.75) is 6.10 Å². The zero-order chi connectivity index (χ0) is 13.8. The number of nitrogens with zero attached hydrogens (tertiary/aromatic N) is 1. The number of ether oxygens (including phenoxy) is 2. The van der Waals surface area contributed by atoms with Crippen molar-refractivity contribution in [3.8, 4) is 5.75 Å². The summed E-state index contributed by atoms with van der Waals surface area (Å²) in [5, 5.41) is 14.0. The number of nitro groups is 1. The minimum atomic E-state index is -0.699. The van der Waals surface area contributed by atoms with Gasteiger partial charge in [-0.2, -0.15) is 0 Å². The molecule has 19 heavy (non-hydrogen) atoms. The second-order valence-electron chi connectivity index (χ2n) is 4.00. The molecule has 1 N–H and O–H groups in total. The van der Waals surface area contributed by atoms with Crippen LogP contribution in [0.1, 0.15) is 0 Å². The maximum absolute atomic E-state index is 13.3. The zero-order valence-electron chi connectivity index (χ0n) is 9.90. The van der Waals surface area contributed by atoms with Gasteiger partial charge in [0.25, 0.3) is 0 Å². The van der Waals surface area contributed by atoms with Crippen molar-refractivity contribution in [1.29, 1.82) is 0 Å². The van der Waals surface area contributed by atoms with E-state index in [0.29, 0.717) is 13.2 Å². The van der Waals surface area contributed by atoms with Crippen molar-refractivity contribution < 1.29 is 18.8 Å². The van der Waals surface area contributed by atoms with Crippen molar-refractivity contribution in [1.82, 2.24) is 5.32 Å². The molecule has 8 heteroatoms. The summed E-state index contributed by atoms with van der Waals surface area (Å²) in [7, 11) is 0. The summed E-state index contributed by atoms with van der Waals surface area (Å²) in [6.07, 6.45) is -0.169. The van der Waals surface area contributed by atoms with Gasteiger partial charge in [0.1, 0.15) is 18.5 Å². The van der Waals surface area contributed by atoms with Crippen LogP contribution in [0, 0.1) is 15.9 Å². The highest BCUT2D eigenvalue weighted by atomic mass is 79.9. The molecule has 2 rings (SSSR count). The van der Waals surface area contributed by atoms with E-state index in [4.69, 9.17) is 9.47 Å². The molecule has 0 amide bonds. The van der Waals surface area contributed by atoms with Crippen LogP contribution in [0.4, 0.5) is 10.1 Å². The van der Waals surface area contributed by atoms with E-state index in [0.717, 1.165) is 12.6 Å². The quantitative estimate of drug-likeness (QED) is 0.672. The zero-order valence-corrected chi connectivity index (χ0v) is 11.5. The number of halogens is 2. The van der Waals surface area contributed by atoms with E-state index >= 15 is 0 Å². The first-order valence-electron chi connectivity index (χ1n) is 5.66. The third-order valence-electron chi connectivity index (χ3n) is 2.63. The fourth-order valence-electron chi connectivity index (χ4n) is 1.69. The molecular formula is C11H12BrFN2O4. The molecular weight excluding hydrogens is 323 g/mol. The van der Waals surface area contributed by atoms with E-state index in [2.05, 4.69) is 21.2 Å². The molecule has 0 spiro atoms. The second kappa shape index (κ2) is 6.27. The van der Waals surface area contributed by atoms with Gasteiger partial charge in [-0.1, -0.05) is 0 Å². The molecule has 0 saturated carbocycles. The smallest absolute Gasteiger partial charge is 0.313 e. The molecule has 1 heterocycles. The van der Waals surface area contributed by atoms with Crippen LogP contribution in [0.25, 0.3) is 0 Å². The minimum absolute atomic E-state index is 0.0208. The summed E-state index contributed by atoms with van der Waals surface area (Å²) in [6.45, 7) is 2.14. The average Bonchev–Trinajstić information content (AvgIpc) is 2.40. The normalized spacial score (nSPS) is 19.2.